The molecule has 0 heterocycles. The molecule has 1 aromatic rings. The van der Waals surface area contributed by atoms with E-state index in [4.69, 9.17) is 4.74 Å². The lowest BCUT2D eigenvalue weighted by atomic mass is 10.1. The fourth-order valence-corrected chi connectivity index (χ4v) is 2.08. The van der Waals surface area contributed by atoms with E-state index in [1.165, 1.54) is 30.2 Å². The Kier molecular flexibility index (Phi) is 5.29. The zero-order valence-corrected chi connectivity index (χ0v) is 12.5. The number of carbonyl (C=O) groups is 1. The van der Waals surface area contributed by atoms with Gasteiger partial charge in [-0.1, -0.05) is 22.9 Å². The maximum Gasteiger partial charge on any atom is 0.311 e. The number of amides is 1. The van der Waals surface area contributed by atoms with Gasteiger partial charge in [-0.25, -0.2) is 0 Å². The first-order valence-electron chi connectivity index (χ1n) is 5.58. The van der Waals surface area contributed by atoms with Crippen LogP contribution in [0, 0.1) is 10.1 Å². The molecule has 0 aromatic heterocycles. The van der Waals surface area contributed by atoms with Gasteiger partial charge in [0.25, 0.3) is 5.91 Å². The molecule has 1 aromatic carbocycles. The molecule has 0 aliphatic carbocycles. The number of benzene rings is 1. The highest BCUT2D eigenvalue weighted by atomic mass is 79.9. The molecule has 0 radical (unpaired) electrons. The summed E-state index contributed by atoms with van der Waals surface area (Å²) in [5, 5.41) is 10.9. The molecule has 6 nitrogen and oxygen atoms in total. The van der Waals surface area contributed by atoms with Crippen LogP contribution in [0.3, 0.4) is 0 Å². The van der Waals surface area contributed by atoms with Crippen LogP contribution in [0.15, 0.2) is 18.2 Å². The number of carbonyl (C=O) groups excluding carboxylic acids is 1. The lowest BCUT2D eigenvalue weighted by Gasteiger charge is -2.18. The monoisotopic (exact) mass is 330 g/mol. The molecule has 0 saturated heterocycles. The third-order valence-electron chi connectivity index (χ3n) is 2.49. The smallest absolute Gasteiger partial charge is 0.311 e. The minimum atomic E-state index is -0.567. The van der Waals surface area contributed by atoms with Gasteiger partial charge >= 0.3 is 5.69 Å². The molecule has 0 N–H and O–H groups in total. The normalized spacial score (nSPS) is 11.8. The van der Waals surface area contributed by atoms with Gasteiger partial charge < -0.3 is 9.64 Å². The Morgan fingerprint density at radius 1 is 1.58 bits per heavy atom. The van der Waals surface area contributed by atoms with Crippen molar-refractivity contribution in [3.8, 4) is 5.75 Å². The molecule has 0 aliphatic rings. The van der Waals surface area contributed by atoms with Crippen LogP contribution in [0.5, 0.6) is 5.75 Å². The molecule has 0 aliphatic heterocycles. The van der Waals surface area contributed by atoms with Crippen molar-refractivity contribution >= 4 is 27.5 Å². The van der Waals surface area contributed by atoms with Crippen molar-refractivity contribution in [2.24, 2.45) is 0 Å². The molecular weight excluding hydrogens is 316 g/mol. The number of nitro benzene ring substituents is 1. The van der Waals surface area contributed by atoms with Gasteiger partial charge in [-0.3, -0.25) is 14.9 Å². The second kappa shape index (κ2) is 6.51. The van der Waals surface area contributed by atoms with E-state index in [1.807, 2.05) is 6.92 Å². The van der Waals surface area contributed by atoms with Gasteiger partial charge in [-0.15, -0.1) is 0 Å². The summed E-state index contributed by atoms with van der Waals surface area (Å²) in [6.07, 6.45) is 0. The Bertz CT molecular complexity index is 491. The summed E-state index contributed by atoms with van der Waals surface area (Å²) in [7, 11) is 3.00. The summed E-state index contributed by atoms with van der Waals surface area (Å²) in [6.45, 7) is 2.43. The number of nitro groups is 1. The Morgan fingerprint density at radius 3 is 2.68 bits per heavy atom. The summed E-state index contributed by atoms with van der Waals surface area (Å²) >= 11 is 3.35. The zero-order chi connectivity index (χ0) is 14.6. The summed E-state index contributed by atoms with van der Waals surface area (Å²) < 4.78 is 4.89. The molecule has 0 saturated carbocycles. The van der Waals surface area contributed by atoms with Crippen LogP contribution >= 0.6 is 15.9 Å². The van der Waals surface area contributed by atoms with Crippen molar-refractivity contribution in [3.63, 3.8) is 0 Å². The largest absolute Gasteiger partial charge is 0.490 e. The van der Waals surface area contributed by atoms with E-state index >= 15 is 0 Å². The third-order valence-corrected chi connectivity index (χ3v) is 2.78. The maximum atomic E-state index is 12.1. The number of methoxy groups -OCH3 is 1. The van der Waals surface area contributed by atoms with Crippen LogP contribution in [0.1, 0.15) is 17.3 Å². The molecule has 0 spiro atoms. The molecule has 1 unspecified atom stereocenters. The predicted octanol–water partition coefficient (Wildman–Crippen LogP) is 2.46. The lowest BCUT2D eigenvalue weighted by molar-refractivity contribution is -0.385. The number of hydrogen-bond acceptors (Lipinski definition) is 4. The quantitative estimate of drug-likeness (QED) is 0.472. The molecule has 0 fully saturated rings. The second-order valence-electron chi connectivity index (χ2n) is 4.11. The Morgan fingerprint density at radius 2 is 2.21 bits per heavy atom. The molecule has 19 heavy (non-hydrogen) atoms. The number of hydrogen-bond donors (Lipinski definition) is 0. The van der Waals surface area contributed by atoms with Gasteiger partial charge in [-0.05, 0) is 12.1 Å². The SMILES string of the molecule is COc1ccc(C(=O)N(C)CC(C)Br)cc1[N+](=O)[O-]. The minimum Gasteiger partial charge on any atom is -0.490 e. The highest BCUT2D eigenvalue weighted by molar-refractivity contribution is 9.09. The topological polar surface area (TPSA) is 72.7 Å². The van der Waals surface area contributed by atoms with Gasteiger partial charge in [0.05, 0.1) is 12.0 Å². The zero-order valence-electron chi connectivity index (χ0n) is 10.9. The third kappa shape index (κ3) is 3.92. The highest BCUT2D eigenvalue weighted by Gasteiger charge is 2.20. The maximum absolute atomic E-state index is 12.1. The minimum absolute atomic E-state index is 0.137. The fourth-order valence-electron chi connectivity index (χ4n) is 1.65. The average Bonchev–Trinajstić information content (AvgIpc) is 2.36. The number of halogens is 1. The molecule has 1 amide bonds. The summed E-state index contributed by atoms with van der Waals surface area (Å²) in [5.74, 6) is -0.130. The Hall–Kier alpha value is -1.63. The van der Waals surface area contributed by atoms with Crippen LogP contribution in [-0.2, 0) is 0 Å². The highest BCUT2D eigenvalue weighted by Crippen LogP contribution is 2.27. The van der Waals surface area contributed by atoms with Crippen LogP contribution in [0.2, 0.25) is 0 Å². The first-order chi connectivity index (χ1) is 8.86. The van der Waals surface area contributed by atoms with E-state index in [9.17, 15) is 14.9 Å². The van der Waals surface area contributed by atoms with E-state index in [-0.39, 0.29) is 27.7 Å². The van der Waals surface area contributed by atoms with Crippen molar-refractivity contribution in [2.45, 2.75) is 11.8 Å². The lowest BCUT2D eigenvalue weighted by Crippen LogP contribution is -2.31. The summed E-state index contributed by atoms with van der Waals surface area (Å²) in [4.78, 5) is 24.1. The van der Waals surface area contributed by atoms with Gasteiger partial charge in [0.15, 0.2) is 5.75 Å². The van der Waals surface area contributed by atoms with Crippen LogP contribution in [0.25, 0.3) is 0 Å². The van der Waals surface area contributed by atoms with E-state index in [0.29, 0.717) is 6.54 Å². The van der Waals surface area contributed by atoms with E-state index < -0.39 is 4.92 Å². The van der Waals surface area contributed by atoms with Gasteiger partial charge in [0.1, 0.15) is 0 Å². The molecule has 104 valence electrons. The fraction of sp³-hybridized carbons (Fsp3) is 0.417. The molecule has 0 bridgehead atoms. The Labute approximate surface area is 119 Å². The molecular formula is C12H15BrN2O4. The second-order valence-corrected chi connectivity index (χ2v) is 5.67. The van der Waals surface area contributed by atoms with Crippen LogP contribution in [0.4, 0.5) is 5.69 Å². The van der Waals surface area contributed by atoms with Gasteiger partial charge in [0, 0.05) is 30.0 Å². The summed E-state index contributed by atoms with van der Waals surface area (Å²) in [5.41, 5.74) is 0.0526. The average molecular weight is 331 g/mol. The van der Waals surface area contributed by atoms with Crippen LogP contribution in [-0.4, -0.2) is 41.3 Å². The van der Waals surface area contributed by atoms with E-state index in [0.717, 1.165) is 0 Å². The summed E-state index contributed by atoms with van der Waals surface area (Å²) in [6, 6.07) is 4.18. The first-order valence-corrected chi connectivity index (χ1v) is 6.50. The number of alkyl halides is 1. The van der Waals surface area contributed by atoms with Gasteiger partial charge in [0.2, 0.25) is 0 Å². The first kappa shape index (κ1) is 15.4. The standard InChI is InChI=1S/C12H15BrN2O4/c1-8(13)7-14(2)12(16)9-4-5-11(19-3)10(6-9)15(17)18/h4-6,8H,7H2,1-3H3. The molecule has 1 rings (SSSR count). The van der Waals surface area contributed by atoms with Gasteiger partial charge in [-0.2, -0.15) is 0 Å². The molecule has 1 atom stereocenters. The number of nitrogens with zero attached hydrogens (tertiary/aromatic N) is 2. The Balaban J connectivity index is 3.05. The van der Waals surface area contributed by atoms with E-state index in [2.05, 4.69) is 15.9 Å². The van der Waals surface area contributed by atoms with Crippen LogP contribution < -0.4 is 4.74 Å². The van der Waals surface area contributed by atoms with E-state index in [1.54, 1.807) is 7.05 Å². The molecule has 7 heteroatoms. The van der Waals surface area contributed by atoms with Crippen molar-refractivity contribution in [3.05, 3.63) is 33.9 Å². The number of ether oxygens (including phenoxy) is 1. The van der Waals surface area contributed by atoms with Crippen molar-refractivity contribution < 1.29 is 14.5 Å². The number of rotatable bonds is 5. The van der Waals surface area contributed by atoms with Crippen molar-refractivity contribution in [1.82, 2.24) is 4.90 Å². The van der Waals surface area contributed by atoms with Crippen molar-refractivity contribution in [2.75, 3.05) is 20.7 Å². The van der Waals surface area contributed by atoms with Crippen molar-refractivity contribution in [1.29, 1.82) is 0 Å². The predicted molar refractivity (Wildman–Crippen MR) is 75.0 cm³/mol.